The minimum absolute atomic E-state index is 0.134. The van der Waals surface area contributed by atoms with Crippen molar-refractivity contribution in [2.24, 2.45) is 0 Å². The van der Waals surface area contributed by atoms with Crippen LogP contribution in [0.1, 0.15) is 50.8 Å². The first-order valence-electron chi connectivity index (χ1n) is 11.4. The summed E-state index contributed by atoms with van der Waals surface area (Å²) in [6.45, 7) is 1.52. The van der Waals surface area contributed by atoms with Crippen LogP contribution in [0.4, 0.5) is 13.2 Å². The zero-order valence-electron chi connectivity index (χ0n) is 19.6. The van der Waals surface area contributed by atoms with Crippen LogP contribution in [0.15, 0.2) is 66.9 Å². The van der Waals surface area contributed by atoms with Crippen LogP contribution in [0, 0.1) is 11.3 Å². The van der Waals surface area contributed by atoms with Gasteiger partial charge in [0.15, 0.2) is 0 Å². The summed E-state index contributed by atoms with van der Waals surface area (Å²) in [6.07, 6.45) is -2.00. The number of carbonyl (C=O) groups is 1. The van der Waals surface area contributed by atoms with Crippen LogP contribution in [0.2, 0.25) is 0 Å². The van der Waals surface area contributed by atoms with E-state index in [1.54, 1.807) is 37.6 Å². The summed E-state index contributed by atoms with van der Waals surface area (Å²) < 4.78 is 44.5. The highest BCUT2D eigenvalue weighted by atomic mass is 19.4. The first-order chi connectivity index (χ1) is 17.3. The van der Waals surface area contributed by atoms with Crippen molar-refractivity contribution in [1.82, 2.24) is 15.2 Å². The van der Waals surface area contributed by atoms with Crippen molar-refractivity contribution < 1.29 is 22.7 Å². The van der Waals surface area contributed by atoms with E-state index >= 15 is 0 Å². The molecule has 0 bridgehead atoms. The summed E-state index contributed by atoms with van der Waals surface area (Å²) in [5, 5.41) is 12.0. The highest BCUT2D eigenvalue weighted by Gasteiger charge is 2.33. The van der Waals surface area contributed by atoms with Crippen LogP contribution in [0.5, 0.6) is 0 Å². The molecular weight excluding hydrogens is 469 g/mol. The summed E-state index contributed by atoms with van der Waals surface area (Å²) in [7, 11) is 1.58. The van der Waals surface area contributed by atoms with E-state index in [0.29, 0.717) is 42.8 Å². The first kappa shape index (κ1) is 25.4. The number of nitrogens with zero attached hydrogens (tertiary/aromatic N) is 3. The number of nitrogens with one attached hydrogen (secondary N) is 1. The number of rotatable bonds is 7. The van der Waals surface area contributed by atoms with Crippen LogP contribution in [-0.4, -0.2) is 42.0 Å². The number of halogens is 3. The average molecular weight is 495 g/mol. The van der Waals surface area contributed by atoms with Crippen LogP contribution >= 0.6 is 0 Å². The van der Waals surface area contributed by atoms with Gasteiger partial charge in [-0.3, -0.25) is 14.7 Å². The van der Waals surface area contributed by atoms with Gasteiger partial charge in [0, 0.05) is 38.0 Å². The van der Waals surface area contributed by atoms with Crippen molar-refractivity contribution in [3.05, 3.63) is 100 Å². The maximum absolute atomic E-state index is 13.1. The van der Waals surface area contributed by atoms with E-state index in [1.165, 1.54) is 12.1 Å². The molecule has 1 N–H and O–H groups in total. The second kappa shape index (κ2) is 10.9. The van der Waals surface area contributed by atoms with Gasteiger partial charge in [-0.05, 0) is 60.0 Å². The third-order valence-corrected chi connectivity index (χ3v) is 6.21. The molecule has 36 heavy (non-hydrogen) atoms. The van der Waals surface area contributed by atoms with Crippen molar-refractivity contribution in [2.45, 2.75) is 31.3 Å². The topological polar surface area (TPSA) is 78.2 Å². The quantitative estimate of drug-likeness (QED) is 0.515. The van der Waals surface area contributed by atoms with Gasteiger partial charge in [0.05, 0.1) is 35.5 Å². The standard InChI is InChI=1S/C27H25F3N4O2/c1-36-17-24-11-8-21(15-32-24)25(19-6-9-22(10-7-19)27(28,29)30)34-13-12-23(16-34)33-26(35)20-4-2-18(14-31)3-5-20/h2-11,15,23,25H,12-13,16-17H2,1H3,(H,33,35)/t23?,25-/m1/s1. The molecule has 6 nitrogen and oxygen atoms in total. The largest absolute Gasteiger partial charge is 0.416 e. The Bertz CT molecular complexity index is 1220. The van der Waals surface area contributed by atoms with Gasteiger partial charge in [0.1, 0.15) is 0 Å². The van der Waals surface area contributed by atoms with Gasteiger partial charge >= 0.3 is 6.18 Å². The SMILES string of the molecule is COCc1ccc([C@@H](c2ccc(C(F)(F)F)cc2)N2CCC(NC(=O)c3ccc(C#N)cc3)C2)cn1. The number of amides is 1. The van der Waals surface area contributed by atoms with E-state index in [4.69, 9.17) is 10.00 Å². The van der Waals surface area contributed by atoms with E-state index in [0.717, 1.165) is 23.4 Å². The Morgan fingerprint density at radius 2 is 1.83 bits per heavy atom. The van der Waals surface area contributed by atoms with Crippen molar-refractivity contribution in [1.29, 1.82) is 5.26 Å². The number of likely N-dealkylation sites (tertiary alicyclic amines) is 1. The number of ether oxygens (including phenoxy) is 1. The lowest BCUT2D eigenvalue weighted by atomic mass is 9.97. The number of alkyl halides is 3. The zero-order valence-corrected chi connectivity index (χ0v) is 19.6. The number of methoxy groups -OCH3 is 1. The molecule has 0 saturated carbocycles. The maximum atomic E-state index is 13.1. The fraction of sp³-hybridized carbons (Fsp3) is 0.296. The predicted molar refractivity (Wildman–Crippen MR) is 127 cm³/mol. The van der Waals surface area contributed by atoms with Crippen LogP contribution < -0.4 is 5.32 Å². The molecule has 0 spiro atoms. The minimum Gasteiger partial charge on any atom is -0.378 e. The molecule has 1 aromatic heterocycles. The monoisotopic (exact) mass is 494 g/mol. The third-order valence-electron chi connectivity index (χ3n) is 6.21. The average Bonchev–Trinajstić information content (AvgIpc) is 3.33. The Morgan fingerprint density at radius 1 is 1.14 bits per heavy atom. The van der Waals surface area contributed by atoms with Crippen LogP contribution in [-0.2, 0) is 17.5 Å². The molecule has 2 heterocycles. The highest BCUT2D eigenvalue weighted by molar-refractivity contribution is 5.94. The van der Waals surface area contributed by atoms with Crippen molar-refractivity contribution >= 4 is 5.91 Å². The molecule has 2 atom stereocenters. The normalized spacial score (nSPS) is 16.9. The number of carbonyl (C=O) groups excluding carboxylic acids is 1. The zero-order chi connectivity index (χ0) is 25.7. The van der Waals surface area contributed by atoms with Crippen molar-refractivity contribution in [3.63, 3.8) is 0 Å². The molecule has 0 radical (unpaired) electrons. The summed E-state index contributed by atoms with van der Waals surface area (Å²) >= 11 is 0. The first-order valence-corrected chi connectivity index (χ1v) is 11.4. The minimum atomic E-state index is -4.41. The van der Waals surface area contributed by atoms with E-state index in [2.05, 4.69) is 15.2 Å². The highest BCUT2D eigenvalue weighted by Crippen LogP contribution is 2.34. The number of nitriles is 1. The molecule has 1 aliphatic heterocycles. The van der Waals surface area contributed by atoms with E-state index < -0.39 is 11.7 Å². The number of aromatic nitrogens is 1. The van der Waals surface area contributed by atoms with Crippen LogP contribution in [0.25, 0.3) is 0 Å². The summed E-state index contributed by atoms with van der Waals surface area (Å²) in [4.78, 5) is 19.3. The predicted octanol–water partition coefficient (Wildman–Crippen LogP) is 4.71. The Morgan fingerprint density at radius 3 is 2.42 bits per heavy atom. The maximum Gasteiger partial charge on any atom is 0.416 e. The molecule has 2 aromatic carbocycles. The van der Waals surface area contributed by atoms with E-state index in [-0.39, 0.29) is 18.0 Å². The Hall–Kier alpha value is -3.74. The molecule has 0 aliphatic carbocycles. The number of benzene rings is 2. The number of pyridine rings is 1. The lowest BCUT2D eigenvalue weighted by molar-refractivity contribution is -0.137. The van der Waals surface area contributed by atoms with Gasteiger partial charge in [0.2, 0.25) is 0 Å². The molecule has 1 fully saturated rings. The van der Waals surface area contributed by atoms with Gasteiger partial charge < -0.3 is 10.1 Å². The van der Waals surface area contributed by atoms with Gasteiger partial charge in [0.25, 0.3) is 5.91 Å². The Kier molecular flexibility index (Phi) is 7.67. The van der Waals surface area contributed by atoms with E-state index in [1.807, 2.05) is 18.2 Å². The molecule has 1 amide bonds. The number of hydrogen-bond donors (Lipinski definition) is 1. The summed E-state index contributed by atoms with van der Waals surface area (Å²) in [6, 6.07) is 16.9. The smallest absolute Gasteiger partial charge is 0.378 e. The fourth-order valence-corrected chi connectivity index (χ4v) is 4.40. The van der Waals surface area contributed by atoms with E-state index in [9.17, 15) is 18.0 Å². The van der Waals surface area contributed by atoms with Gasteiger partial charge in [-0.15, -0.1) is 0 Å². The molecule has 1 aliphatic rings. The Labute approximate surface area is 207 Å². The molecular formula is C27H25F3N4O2. The molecule has 1 unspecified atom stereocenters. The molecule has 1 saturated heterocycles. The second-order valence-corrected chi connectivity index (χ2v) is 8.68. The molecule has 3 aromatic rings. The third kappa shape index (κ3) is 5.90. The summed E-state index contributed by atoms with van der Waals surface area (Å²) in [5.41, 5.74) is 2.54. The van der Waals surface area contributed by atoms with Crippen molar-refractivity contribution in [2.75, 3.05) is 20.2 Å². The second-order valence-electron chi connectivity index (χ2n) is 8.68. The Balaban J connectivity index is 1.54. The molecule has 9 heteroatoms. The van der Waals surface area contributed by atoms with Crippen molar-refractivity contribution in [3.8, 4) is 6.07 Å². The fourth-order valence-electron chi connectivity index (χ4n) is 4.40. The van der Waals surface area contributed by atoms with Crippen LogP contribution in [0.3, 0.4) is 0 Å². The van der Waals surface area contributed by atoms with Gasteiger partial charge in [-0.25, -0.2) is 0 Å². The summed E-state index contributed by atoms with van der Waals surface area (Å²) in [5.74, 6) is -0.233. The number of hydrogen-bond acceptors (Lipinski definition) is 5. The van der Waals surface area contributed by atoms with Gasteiger partial charge in [-0.2, -0.15) is 18.4 Å². The molecule has 186 valence electrons. The lowest BCUT2D eigenvalue weighted by Crippen LogP contribution is -2.38. The van der Waals surface area contributed by atoms with Gasteiger partial charge in [-0.1, -0.05) is 18.2 Å². The molecule has 4 rings (SSSR count). The lowest BCUT2D eigenvalue weighted by Gasteiger charge is -2.29.